The zero-order valence-corrected chi connectivity index (χ0v) is 14.0. The van der Waals surface area contributed by atoms with Crippen molar-refractivity contribution in [1.82, 2.24) is 5.32 Å². The van der Waals surface area contributed by atoms with Crippen LogP contribution < -0.4 is 5.32 Å². The molecule has 1 N–H and O–H groups in total. The van der Waals surface area contributed by atoms with Crippen molar-refractivity contribution in [1.29, 1.82) is 0 Å². The molecule has 0 saturated heterocycles. The number of hydrogen-bond acceptors (Lipinski definition) is 2. The molecule has 0 aliphatic heterocycles. The summed E-state index contributed by atoms with van der Waals surface area (Å²) in [7, 11) is 0. The van der Waals surface area contributed by atoms with Crippen LogP contribution in [0.5, 0.6) is 0 Å². The molecule has 0 aliphatic rings. The fraction of sp³-hybridized carbons (Fsp3) is 0.647. The SMILES string of the molecule is CCCNC(Cc1cc(Cl)ccc1F)C(CCC)OCC. The fourth-order valence-corrected chi connectivity index (χ4v) is 2.70. The lowest BCUT2D eigenvalue weighted by Gasteiger charge is -2.28. The highest BCUT2D eigenvalue weighted by Crippen LogP contribution is 2.19. The van der Waals surface area contributed by atoms with Crippen LogP contribution in [0.2, 0.25) is 5.02 Å². The van der Waals surface area contributed by atoms with Crippen molar-refractivity contribution in [3.63, 3.8) is 0 Å². The third-order valence-corrected chi connectivity index (χ3v) is 3.74. The Labute approximate surface area is 133 Å². The van der Waals surface area contributed by atoms with E-state index in [1.165, 1.54) is 6.07 Å². The maximum absolute atomic E-state index is 14.0. The lowest BCUT2D eigenvalue weighted by atomic mass is 9.97. The second kappa shape index (κ2) is 10.1. The van der Waals surface area contributed by atoms with Gasteiger partial charge >= 0.3 is 0 Å². The van der Waals surface area contributed by atoms with E-state index in [1.54, 1.807) is 12.1 Å². The summed E-state index contributed by atoms with van der Waals surface area (Å²) in [6.45, 7) is 7.84. The number of halogens is 2. The van der Waals surface area contributed by atoms with E-state index in [-0.39, 0.29) is 18.0 Å². The standard InChI is InChI=1S/C17H27ClFNO/c1-4-7-17(21-6-3)16(20-10-5-2)12-13-11-14(18)8-9-15(13)19/h8-9,11,16-17,20H,4-7,10,12H2,1-3H3. The lowest BCUT2D eigenvalue weighted by Crippen LogP contribution is -2.43. The number of hydrogen-bond donors (Lipinski definition) is 1. The predicted octanol–water partition coefficient (Wildman–Crippen LogP) is 4.60. The first-order chi connectivity index (χ1) is 10.1. The average molecular weight is 316 g/mol. The van der Waals surface area contributed by atoms with E-state index in [1.807, 2.05) is 6.92 Å². The summed E-state index contributed by atoms with van der Waals surface area (Å²) in [5.74, 6) is -0.200. The topological polar surface area (TPSA) is 21.3 Å². The molecule has 0 fully saturated rings. The summed E-state index contributed by atoms with van der Waals surface area (Å²) in [5, 5.41) is 4.07. The Morgan fingerprint density at radius 1 is 1.24 bits per heavy atom. The summed E-state index contributed by atoms with van der Waals surface area (Å²) in [5.41, 5.74) is 0.650. The van der Waals surface area contributed by atoms with Gasteiger partial charge in [-0.3, -0.25) is 0 Å². The van der Waals surface area contributed by atoms with Crippen LogP contribution in [0.4, 0.5) is 4.39 Å². The monoisotopic (exact) mass is 315 g/mol. The van der Waals surface area contributed by atoms with Crippen LogP contribution in [-0.4, -0.2) is 25.3 Å². The van der Waals surface area contributed by atoms with Crippen LogP contribution in [0.25, 0.3) is 0 Å². The van der Waals surface area contributed by atoms with E-state index < -0.39 is 0 Å². The second-order valence-corrected chi connectivity index (χ2v) is 5.72. The number of rotatable bonds is 10. The smallest absolute Gasteiger partial charge is 0.126 e. The first-order valence-electron chi connectivity index (χ1n) is 7.91. The molecule has 0 radical (unpaired) electrons. The minimum atomic E-state index is -0.200. The van der Waals surface area contributed by atoms with Gasteiger partial charge in [0.15, 0.2) is 0 Å². The normalized spacial score (nSPS) is 14.1. The van der Waals surface area contributed by atoms with Crippen molar-refractivity contribution >= 4 is 11.6 Å². The first-order valence-corrected chi connectivity index (χ1v) is 8.29. The molecule has 1 aromatic rings. The predicted molar refractivity (Wildman–Crippen MR) is 87.5 cm³/mol. The lowest BCUT2D eigenvalue weighted by molar-refractivity contribution is 0.0280. The van der Waals surface area contributed by atoms with Crippen molar-refractivity contribution in [2.24, 2.45) is 0 Å². The average Bonchev–Trinajstić information content (AvgIpc) is 2.47. The molecule has 2 unspecified atom stereocenters. The molecule has 1 aromatic carbocycles. The van der Waals surface area contributed by atoms with Gasteiger partial charge in [-0.15, -0.1) is 0 Å². The molecule has 0 bridgehead atoms. The van der Waals surface area contributed by atoms with Crippen molar-refractivity contribution in [3.8, 4) is 0 Å². The molecule has 0 aliphatic carbocycles. The van der Waals surface area contributed by atoms with Gasteiger partial charge in [-0.1, -0.05) is 31.9 Å². The van der Waals surface area contributed by atoms with Gasteiger partial charge in [0, 0.05) is 17.7 Å². The highest BCUT2D eigenvalue weighted by Gasteiger charge is 2.22. The van der Waals surface area contributed by atoms with Gasteiger partial charge < -0.3 is 10.1 Å². The Hall–Kier alpha value is -0.640. The third kappa shape index (κ3) is 6.33. The maximum atomic E-state index is 14.0. The van der Waals surface area contributed by atoms with Gasteiger partial charge in [-0.2, -0.15) is 0 Å². The van der Waals surface area contributed by atoms with Crippen LogP contribution in [0, 0.1) is 5.82 Å². The molecular weight excluding hydrogens is 289 g/mol. The minimum absolute atomic E-state index is 0.102. The summed E-state index contributed by atoms with van der Waals surface area (Å²) in [4.78, 5) is 0. The van der Waals surface area contributed by atoms with Gasteiger partial charge in [-0.25, -0.2) is 4.39 Å². The number of benzene rings is 1. The summed E-state index contributed by atoms with van der Waals surface area (Å²) in [6.07, 6.45) is 3.76. The van der Waals surface area contributed by atoms with Gasteiger partial charge in [0.1, 0.15) is 5.82 Å². The van der Waals surface area contributed by atoms with E-state index in [0.717, 1.165) is 25.8 Å². The van der Waals surface area contributed by atoms with Crippen LogP contribution in [0.1, 0.15) is 45.6 Å². The van der Waals surface area contributed by atoms with Crippen LogP contribution >= 0.6 is 11.6 Å². The van der Waals surface area contributed by atoms with E-state index in [4.69, 9.17) is 16.3 Å². The van der Waals surface area contributed by atoms with Gasteiger partial charge in [-0.05, 0) is 56.5 Å². The fourth-order valence-electron chi connectivity index (χ4n) is 2.50. The van der Waals surface area contributed by atoms with Crippen molar-refractivity contribution in [3.05, 3.63) is 34.6 Å². The Bertz CT molecular complexity index is 408. The molecule has 0 heterocycles. The molecule has 2 nitrogen and oxygen atoms in total. The van der Waals surface area contributed by atoms with Crippen LogP contribution in [0.3, 0.4) is 0 Å². The van der Waals surface area contributed by atoms with Crippen molar-refractivity contribution < 1.29 is 9.13 Å². The Balaban J connectivity index is 2.86. The highest BCUT2D eigenvalue weighted by molar-refractivity contribution is 6.30. The van der Waals surface area contributed by atoms with Gasteiger partial charge in [0.25, 0.3) is 0 Å². The van der Waals surface area contributed by atoms with E-state index >= 15 is 0 Å². The zero-order chi connectivity index (χ0) is 15.7. The minimum Gasteiger partial charge on any atom is -0.377 e. The summed E-state index contributed by atoms with van der Waals surface area (Å²) >= 11 is 5.99. The van der Waals surface area contributed by atoms with E-state index in [9.17, 15) is 4.39 Å². The molecule has 0 aromatic heterocycles. The second-order valence-electron chi connectivity index (χ2n) is 5.28. The largest absolute Gasteiger partial charge is 0.377 e. The number of nitrogens with one attached hydrogen (secondary N) is 1. The Morgan fingerprint density at radius 2 is 2.00 bits per heavy atom. The molecule has 120 valence electrons. The van der Waals surface area contributed by atoms with Crippen molar-refractivity contribution in [2.45, 2.75) is 58.6 Å². The van der Waals surface area contributed by atoms with Gasteiger partial charge in [0.05, 0.1) is 6.10 Å². The van der Waals surface area contributed by atoms with Gasteiger partial charge in [0.2, 0.25) is 0 Å². The van der Waals surface area contributed by atoms with E-state index in [2.05, 4.69) is 19.2 Å². The Morgan fingerprint density at radius 3 is 2.62 bits per heavy atom. The van der Waals surface area contributed by atoms with Crippen LogP contribution in [-0.2, 0) is 11.2 Å². The quantitative estimate of drug-likeness (QED) is 0.681. The van der Waals surface area contributed by atoms with E-state index in [0.29, 0.717) is 23.6 Å². The highest BCUT2D eigenvalue weighted by atomic mass is 35.5. The molecule has 4 heteroatoms. The zero-order valence-electron chi connectivity index (χ0n) is 13.3. The summed E-state index contributed by atoms with van der Waals surface area (Å²) < 4.78 is 19.8. The van der Waals surface area contributed by atoms with Crippen molar-refractivity contribution in [2.75, 3.05) is 13.2 Å². The number of ether oxygens (including phenoxy) is 1. The molecule has 1 rings (SSSR count). The molecule has 0 amide bonds. The molecule has 0 spiro atoms. The molecule has 21 heavy (non-hydrogen) atoms. The van der Waals surface area contributed by atoms with Crippen LogP contribution in [0.15, 0.2) is 18.2 Å². The molecular formula is C17H27ClFNO. The maximum Gasteiger partial charge on any atom is 0.126 e. The first kappa shape index (κ1) is 18.4. The molecule has 2 atom stereocenters. The summed E-state index contributed by atoms with van der Waals surface area (Å²) in [6, 6.07) is 4.84. The third-order valence-electron chi connectivity index (χ3n) is 3.51. The molecule has 0 saturated carbocycles. The Kier molecular flexibility index (Phi) is 8.90.